The van der Waals surface area contributed by atoms with Gasteiger partial charge in [-0.3, -0.25) is 0 Å². The van der Waals surface area contributed by atoms with Crippen molar-refractivity contribution in [1.82, 2.24) is 0 Å². The monoisotopic (exact) mass is 304 g/mol. The molecule has 1 aliphatic rings. The molecule has 1 saturated heterocycles. The Balaban J connectivity index is 1.84. The molecule has 0 saturated carbocycles. The molecule has 0 N–H and O–H groups in total. The van der Waals surface area contributed by atoms with E-state index in [4.69, 9.17) is 18.6 Å². The van der Waals surface area contributed by atoms with Crippen LogP contribution in [0.3, 0.4) is 0 Å². The van der Waals surface area contributed by atoms with Gasteiger partial charge in [-0.1, -0.05) is 0 Å². The summed E-state index contributed by atoms with van der Waals surface area (Å²) in [6.45, 7) is 4.20. The van der Waals surface area contributed by atoms with Crippen molar-refractivity contribution in [3.8, 4) is 0 Å². The highest BCUT2D eigenvalue weighted by molar-refractivity contribution is 9.10. The summed E-state index contributed by atoms with van der Waals surface area (Å²) in [4.78, 5) is 11.6. The van der Waals surface area contributed by atoms with Crippen LogP contribution in [0.4, 0.5) is 0 Å². The van der Waals surface area contributed by atoms with Gasteiger partial charge in [-0.2, -0.15) is 0 Å². The van der Waals surface area contributed by atoms with Crippen molar-refractivity contribution >= 4 is 21.9 Å². The fourth-order valence-electron chi connectivity index (χ4n) is 1.52. The second-order valence-corrected chi connectivity index (χ2v) is 5.00. The minimum absolute atomic E-state index is 0.148. The first kappa shape index (κ1) is 12.6. The molecule has 1 aliphatic heterocycles. The van der Waals surface area contributed by atoms with Gasteiger partial charge in [-0.05, 0) is 35.8 Å². The van der Waals surface area contributed by atoms with Gasteiger partial charge in [0.15, 0.2) is 5.79 Å². The summed E-state index contributed by atoms with van der Waals surface area (Å²) >= 11 is 3.19. The Hall–Kier alpha value is -0.850. The van der Waals surface area contributed by atoms with Gasteiger partial charge in [0.2, 0.25) is 5.76 Å². The fraction of sp³-hybridized carbons (Fsp3) is 0.545. The standard InChI is InChI=1S/C11H13BrO5/c1-11(2)16-6-7(17-11)5-15-10(13)9-8(12)3-4-14-9/h3-4,7H,5-6H2,1-2H3/t7-/m0/s1. The maximum Gasteiger partial charge on any atom is 0.375 e. The highest BCUT2D eigenvalue weighted by Gasteiger charge is 2.33. The van der Waals surface area contributed by atoms with E-state index >= 15 is 0 Å². The zero-order valence-corrected chi connectivity index (χ0v) is 11.2. The van der Waals surface area contributed by atoms with Crippen molar-refractivity contribution in [2.24, 2.45) is 0 Å². The van der Waals surface area contributed by atoms with Crippen LogP contribution in [0.1, 0.15) is 24.4 Å². The Morgan fingerprint density at radius 1 is 1.65 bits per heavy atom. The number of carbonyl (C=O) groups excluding carboxylic acids is 1. The number of ether oxygens (including phenoxy) is 3. The zero-order valence-electron chi connectivity index (χ0n) is 9.57. The van der Waals surface area contributed by atoms with Gasteiger partial charge in [-0.15, -0.1) is 0 Å². The number of rotatable bonds is 3. The third-order valence-electron chi connectivity index (χ3n) is 2.27. The van der Waals surface area contributed by atoms with Gasteiger partial charge in [0.1, 0.15) is 12.7 Å². The highest BCUT2D eigenvalue weighted by Crippen LogP contribution is 2.23. The summed E-state index contributed by atoms with van der Waals surface area (Å²) in [7, 11) is 0. The fourth-order valence-corrected chi connectivity index (χ4v) is 1.88. The van der Waals surface area contributed by atoms with E-state index < -0.39 is 11.8 Å². The largest absolute Gasteiger partial charge is 0.457 e. The van der Waals surface area contributed by atoms with E-state index in [2.05, 4.69) is 15.9 Å². The van der Waals surface area contributed by atoms with Crippen LogP contribution < -0.4 is 0 Å². The number of esters is 1. The second kappa shape index (κ2) is 4.80. The van der Waals surface area contributed by atoms with Gasteiger partial charge in [0.05, 0.1) is 17.3 Å². The van der Waals surface area contributed by atoms with Crippen LogP contribution in [-0.2, 0) is 14.2 Å². The third kappa shape index (κ3) is 3.08. The van der Waals surface area contributed by atoms with E-state index in [1.54, 1.807) is 6.07 Å². The Bertz CT molecular complexity index is 412. The lowest BCUT2D eigenvalue weighted by molar-refractivity contribution is -0.142. The summed E-state index contributed by atoms with van der Waals surface area (Å²) < 4.78 is 21.5. The third-order valence-corrected chi connectivity index (χ3v) is 2.89. The molecule has 94 valence electrons. The van der Waals surface area contributed by atoms with Crippen molar-refractivity contribution < 1.29 is 23.4 Å². The number of hydrogen-bond donors (Lipinski definition) is 0. The van der Waals surface area contributed by atoms with Gasteiger partial charge in [-0.25, -0.2) is 4.79 Å². The first-order valence-corrected chi connectivity index (χ1v) is 5.99. The molecule has 0 amide bonds. The Morgan fingerprint density at radius 2 is 2.41 bits per heavy atom. The smallest absolute Gasteiger partial charge is 0.375 e. The molecule has 0 spiro atoms. The minimum Gasteiger partial charge on any atom is -0.457 e. The van der Waals surface area contributed by atoms with Crippen molar-refractivity contribution in [3.05, 3.63) is 22.6 Å². The summed E-state index contributed by atoms with van der Waals surface area (Å²) in [5.74, 6) is -0.971. The zero-order chi connectivity index (χ0) is 12.5. The molecule has 0 aliphatic carbocycles. The lowest BCUT2D eigenvalue weighted by Crippen LogP contribution is -2.25. The van der Waals surface area contributed by atoms with Crippen LogP contribution in [0.25, 0.3) is 0 Å². The molecule has 1 atom stereocenters. The molecule has 0 unspecified atom stereocenters. The van der Waals surface area contributed by atoms with Gasteiger partial charge < -0.3 is 18.6 Å². The van der Waals surface area contributed by atoms with E-state index in [0.29, 0.717) is 11.1 Å². The second-order valence-electron chi connectivity index (χ2n) is 4.15. The van der Waals surface area contributed by atoms with Crippen LogP contribution in [0, 0.1) is 0 Å². The quantitative estimate of drug-likeness (QED) is 0.802. The molecule has 2 rings (SSSR count). The van der Waals surface area contributed by atoms with E-state index in [0.717, 1.165) is 0 Å². The molecule has 5 nitrogen and oxygen atoms in total. The average Bonchev–Trinajstić information content (AvgIpc) is 2.81. The first-order valence-electron chi connectivity index (χ1n) is 5.20. The molecule has 6 heteroatoms. The van der Waals surface area contributed by atoms with E-state index in [9.17, 15) is 4.79 Å². The van der Waals surface area contributed by atoms with Crippen LogP contribution in [-0.4, -0.2) is 31.1 Å². The van der Waals surface area contributed by atoms with E-state index in [-0.39, 0.29) is 18.5 Å². The summed E-state index contributed by atoms with van der Waals surface area (Å²) in [6.07, 6.45) is 1.18. The molecule has 0 aromatic carbocycles. The first-order chi connectivity index (χ1) is 7.98. The number of halogens is 1. The van der Waals surface area contributed by atoms with E-state index in [1.165, 1.54) is 6.26 Å². The molecule has 2 heterocycles. The molecule has 1 fully saturated rings. The molecule has 0 radical (unpaired) electrons. The Kier molecular flexibility index (Phi) is 3.56. The lowest BCUT2D eigenvalue weighted by atomic mass is 10.4. The van der Waals surface area contributed by atoms with Crippen LogP contribution in [0.5, 0.6) is 0 Å². The van der Waals surface area contributed by atoms with Crippen molar-refractivity contribution in [2.45, 2.75) is 25.7 Å². The predicted octanol–water partition coefficient (Wildman–Crippen LogP) is 2.35. The van der Waals surface area contributed by atoms with Crippen LogP contribution in [0.15, 0.2) is 21.2 Å². The molecule has 0 bridgehead atoms. The number of furan rings is 1. The Labute approximate surface area is 107 Å². The molecular formula is C11H13BrO5. The molecular weight excluding hydrogens is 292 g/mol. The molecule has 1 aromatic rings. The normalized spacial score (nSPS) is 22.6. The average molecular weight is 305 g/mol. The van der Waals surface area contributed by atoms with Crippen molar-refractivity contribution in [1.29, 1.82) is 0 Å². The maximum absolute atomic E-state index is 11.6. The van der Waals surface area contributed by atoms with Crippen molar-refractivity contribution in [2.75, 3.05) is 13.2 Å². The van der Waals surface area contributed by atoms with Crippen molar-refractivity contribution in [3.63, 3.8) is 0 Å². The Morgan fingerprint density at radius 3 is 2.94 bits per heavy atom. The van der Waals surface area contributed by atoms with Crippen LogP contribution in [0.2, 0.25) is 0 Å². The number of hydrogen-bond acceptors (Lipinski definition) is 5. The molecule has 1 aromatic heterocycles. The SMILES string of the molecule is CC1(C)OC[C@H](COC(=O)c2occc2Br)O1. The maximum atomic E-state index is 11.6. The topological polar surface area (TPSA) is 57.9 Å². The number of carbonyl (C=O) groups is 1. The summed E-state index contributed by atoms with van der Waals surface area (Å²) in [6, 6.07) is 1.63. The predicted molar refractivity (Wildman–Crippen MR) is 61.6 cm³/mol. The van der Waals surface area contributed by atoms with Gasteiger partial charge in [0, 0.05) is 0 Å². The minimum atomic E-state index is -0.609. The highest BCUT2D eigenvalue weighted by atomic mass is 79.9. The summed E-state index contributed by atoms with van der Waals surface area (Å²) in [5.41, 5.74) is 0. The van der Waals surface area contributed by atoms with Gasteiger partial charge >= 0.3 is 5.97 Å². The van der Waals surface area contributed by atoms with Gasteiger partial charge in [0.25, 0.3) is 0 Å². The van der Waals surface area contributed by atoms with Crippen LogP contribution >= 0.6 is 15.9 Å². The van der Waals surface area contributed by atoms with E-state index in [1.807, 2.05) is 13.8 Å². The summed E-state index contributed by atoms with van der Waals surface area (Å²) in [5, 5.41) is 0. The molecule has 17 heavy (non-hydrogen) atoms. The lowest BCUT2D eigenvalue weighted by Gasteiger charge is -2.16.